The van der Waals surface area contributed by atoms with E-state index in [0.29, 0.717) is 12.3 Å². The minimum absolute atomic E-state index is 0.0220. The minimum Gasteiger partial charge on any atom is -0.391 e. The van der Waals surface area contributed by atoms with E-state index in [-0.39, 0.29) is 122 Å². The van der Waals surface area contributed by atoms with Crippen molar-refractivity contribution in [2.75, 3.05) is 91.0 Å². The van der Waals surface area contributed by atoms with Gasteiger partial charge in [0.1, 0.15) is 31.3 Å². The fourth-order valence-electron chi connectivity index (χ4n) is 8.20. The number of aryl methyl sites for hydroxylation is 1. The third-order valence-corrected chi connectivity index (χ3v) is 12.9. The lowest BCUT2D eigenvalue weighted by Gasteiger charge is -2.35. The number of nitrogens with zero attached hydrogens (tertiary/aromatic N) is 3. The molecule has 1 aromatic heterocycles. The van der Waals surface area contributed by atoms with Crippen molar-refractivity contribution in [2.24, 2.45) is 5.41 Å². The highest BCUT2D eigenvalue weighted by Gasteiger charge is 2.46. The van der Waals surface area contributed by atoms with Crippen LogP contribution < -0.4 is 26.6 Å². The Bertz CT molecular complexity index is 2410. The van der Waals surface area contributed by atoms with Crippen LogP contribution in [0, 0.1) is 12.3 Å². The van der Waals surface area contributed by atoms with Crippen LogP contribution in [-0.2, 0) is 59.0 Å². The van der Waals surface area contributed by atoms with Gasteiger partial charge in [0.25, 0.3) is 11.8 Å². The largest absolute Gasteiger partial charge is 0.391 e. The van der Waals surface area contributed by atoms with Crippen LogP contribution in [0.25, 0.3) is 10.4 Å². The predicted molar refractivity (Wildman–Crippen MR) is 260 cm³/mol. The number of anilines is 1. The molecule has 0 bridgehead atoms. The molecule has 2 aromatic carbocycles. The number of carbonyl (C=O) groups is 8. The lowest BCUT2D eigenvalue weighted by atomic mass is 9.85. The second-order valence-corrected chi connectivity index (χ2v) is 19.2. The number of piperidine rings is 1. The van der Waals surface area contributed by atoms with E-state index in [1.54, 1.807) is 49.8 Å². The SMILES string of the molecule is Cc1ncsc1-c1ccc(CNC(=O)C2CC(O)CN2C(=O)C(NC(=O)COCCOCCOCCOCCOCC(=O)NCCNc2cccc3c2C(=O)N(C2CCC(=O)NC2=O)C3=O)C(C)(C)C)cc1. The second kappa shape index (κ2) is 26.5. The number of rotatable bonds is 27. The molecule has 6 N–H and O–H groups in total. The molecule has 0 aliphatic carbocycles. The number of benzene rings is 2. The number of nitrogens with one attached hydrogen (secondary N) is 5. The number of ether oxygens (including phenoxy) is 5. The van der Waals surface area contributed by atoms with Gasteiger partial charge in [0.2, 0.25) is 35.4 Å². The van der Waals surface area contributed by atoms with Crippen LogP contribution >= 0.6 is 11.3 Å². The maximum Gasteiger partial charge on any atom is 0.264 e. The first-order chi connectivity index (χ1) is 34.5. The predicted octanol–water partition coefficient (Wildman–Crippen LogP) is 0.940. The van der Waals surface area contributed by atoms with E-state index in [1.807, 2.05) is 31.2 Å². The van der Waals surface area contributed by atoms with Crippen molar-refractivity contribution in [3.8, 4) is 10.4 Å². The molecule has 0 radical (unpaired) electrons. The summed E-state index contributed by atoms with van der Waals surface area (Å²) in [7, 11) is 0. The molecule has 390 valence electrons. The third kappa shape index (κ3) is 15.2. The Labute approximate surface area is 421 Å². The number of likely N-dealkylation sites (tertiary alicyclic amines) is 1. The van der Waals surface area contributed by atoms with Gasteiger partial charge >= 0.3 is 0 Å². The molecular weight excluding hydrogens is 957 g/mol. The van der Waals surface area contributed by atoms with Crippen LogP contribution in [0.1, 0.15) is 72.0 Å². The van der Waals surface area contributed by atoms with Gasteiger partial charge in [-0.2, -0.15) is 0 Å². The smallest absolute Gasteiger partial charge is 0.264 e. The number of aromatic nitrogens is 1. The quantitative estimate of drug-likeness (QED) is 0.0458. The molecule has 3 aliphatic rings. The van der Waals surface area contributed by atoms with Crippen molar-refractivity contribution in [3.63, 3.8) is 0 Å². The molecule has 72 heavy (non-hydrogen) atoms. The molecule has 0 saturated carbocycles. The number of aliphatic hydroxyl groups excluding tert-OH is 1. The lowest BCUT2D eigenvalue weighted by Crippen LogP contribution is -2.58. The van der Waals surface area contributed by atoms with Crippen LogP contribution in [-0.4, -0.2) is 177 Å². The Morgan fingerprint density at radius 3 is 2.08 bits per heavy atom. The van der Waals surface area contributed by atoms with Crippen molar-refractivity contribution in [2.45, 2.75) is 77.7 Å². The maximum absolute atomic E-state index is 13.9. The minimum atomic E-state index is -1.07. The van der Waals surface area contributed by atoms with E-state index >= 15 is 0 Å². The van der Waals surface area contributed by atoms with Crippen LogP contribution in [0.15, 0.2) is 48.0 Å². The Balaban J connectivity index is 0.759. The number of hydrogen-bond acceptors (Lipinski definition) is 17. The molecule has 4 atom stereocenters. The van der Waals surface area contributed by atoms with E-state index in [4.69, 9.17) is 23.7 Å². The number of thiazole rings is 1. The van der Waals surface area contributed by atoms with E-state index in [2.05, 4.69) is 31.6 Å². The Morgan fingerprint density at radius 1 is 0.833 bits per heavy atom. The summed E-state index contributed by atoms with van der Waals surface area (Å²) in [6.45, 7) is 9.34. The summed E-state index contributed by atoms with van der Waals surface area (Å²) in [5.74, 6) is -4.12. The molecule has 4 unspecified atom stereocenters. The van der Waals surface area contributed by atoms with E-state index in [9.17, 15) is 43.5 Å². The standard InChI is InChI=1S/C49H64N8O14S/c1-30-42(72-29-53-30)32-10-8-31(9-11-32)25-52-44(62)37-24-33(58)26-56(37)48(66)43(49(2,3)4)54-40(61)28-71-23-21-69-19-17-67-16-18-68-20-22-70-27-39(60)51-15-14-50-35-7-5-6-34-41(35)47(65)57(46(34)64)36-12-13-38(59)55-45(36)63/h5-11,29,33,36-37,43,50,58H,12-28H2,1-4H3,(H,51,60)(H,52,62)(H,54,61)(H,55,59,63). The zero-order chi connectivity index (χ0) is 51.8. The highest BCUT2D eigenvalue weighted by molar-refractivity contribution is 7.13. The molecule has 3 aromatic rings. The summed E-state index contributed by atoms with van der Waals surface area (Å²) in [6.07, 6.45) is -0.738. The number of aliphatic hydroxyl groups is 1. The van der Waals surface area contributed by atoms with Crippen molar-refractivity contribution >= 4 is 64.3 Å². The number of hydrogen-bond donors (Lipinski definition) is 6. The van der Waals surface area contributed by atoms with Gasteiger partial charge in [-0.05, 0) is 42.0 Å². The summed E-state index contributed by atoms with van der Waals surface area (Å²) in [5, 5.41) is 24.1. The summed E-state index contributed by atoms with van der Waals surface area (Å²) in [6, 6.07) is 9.57. The zero-order valence-electron chi connectivity index (χ0n) is 41.0. The molecule has 0 spiro atoms. The highest BCUT2D eigenvalue weighted by atomic mass is 32.1. The van der Waals surface area contributed by atoms with E-state index in [1.165, 1.54) is 11.0 Å². The lowest BCUT2D eigenvalue weighted by molar-refractivity contribution is -0.144. The summed E-state index contributed by atoms with van der Waals surface area (Å²) < 4.78 is 27.3. The van der Waals surface area contributed by atoms with Crippen LogP contribution in [0.2, 0.25) is 0 Å². The molecule has 2 fully saturated rings. The fourth-order valence-corrected chi connectivity index (χ4v) is 9.01. The normalized spacial score (nSPS) is 18.2. The first-order valence-electron chi connectivity index (χ1n) is 23.8. The topological polar surface area (TPSA) is 282 Å². The molecule has 6 rings (SSSR count). The zero-order valence-corrected chi connectivity index (χ0v) is 41.8. The Morgan fingerprint density at radius 2 is 1.47 bits per heavy atom. The van der Waals surface area contributed by atoms with Gasteiger partial charge in [0.05, 0.1) is 86.2 Å². The van der Waals surface area contributed by atoms with Gasteiger partial charge in [-0.15, -0.1) is 11.3 Å². The molecule has 22 nitrogen and oxygen atoms in total. The maximum atomic E-state index is 13.9. The monoisotopic (exact) mass is 1020 g/mol. The van der Waals surface area contributed by atoms with E-state index < -0.39 is 71.0 Å². The summed E-state index contributed by atoms with van der Waals surface area (Å²) in [5.41, 5.74) is 4.60. The van der Waals surface area contributed by atoms with Gasteiger partial charge in [-0.1, -0.05) is 51.1 Å². The van der Waals surface area contributed by atoms with Crippen molar-refractivity contribution in [3.05, 3.63) is 70.4 Å². The molecule has 4 heterocycles. The first-order valence-corrected chi connectivity index (χ1v) is 24.7. The van der Waals surface area contributed by atoms with Crippen LogP contribution in [0.4, 0.5) is 5.69 Å². The summed E-state index contributed by atoms with van der Waals surface area (Å²) in [4.78, 5) is 110. The van der Waals surface area contributed by atoms with Gasteiger partial charge < -0.3 is 55.0 Å². The van der Waals surface area contributed by atoms with Crippen molar-refractivity contribution < 1.29 is 67.1 Å². The molecule has 3 aliphatic heterocycles. The Hall–Kier alpha value is -6.21. The summed E-state index contributed by atoms with van der Waals surface area (Å²) >= 11 is 1.56. The molecule has 8 amide bonds. The molecule has 2 saturated heterocycles. The first kappa shape index (κ1) is 55.1. The average Bonchev–Trinajstić information content (AvgIpc) is 4.04. The van der Waals surface area contributed by atoms with Gasteiger partial charge in [-0.3, -0.25) is 48.6 Å². The molecular formula is C49H64N8O14S. The average molecular weight is 1020 g/mol. The van der Waals surface area contributed by atoms with E-state index in [0.717, 1.165) is 26.6 Å². The number of β-amino-alcohol motifs (C(OH)–C–C–N with tert-alkyl or cyclic N) is 1. The Kier molecular flexibility index (Phi) is 20.3. The van der Waals surface area contributed by atoms with Crippen LogP contribution in [0.3, 0.4) is 0 Å². The number of amides is 8. The van der Waals surface area contributed by atoms with Gasteiger partial charge in [0.15, 0.2) is 0 Å². The number of carbonyl (C=O) groups excluding carboxylic acids is 8. The van der Waals surface area contributed by atoms with Gasteiger partial charge in [-0.25, -0.2) is 4.98 Å². The van der Waals surface area contributed by atoms with Crippen molar-refractivity contribution in [1.82, 2.24) is 36.1 Å². The van der Waals surface area contributed by atoms with Gasteiger partial charge in [0, 0.05) is 44.7 Å². The van der Waals surface area contributed by atoms with Crippen molar-refractivity contribution in [1.29, 1.82) is 0 Å². The molecule has 23 heteroatoms. The number of imide groups is 2. The fraction of sp³-hybridized carbons (Fsp3) is 0.531. The highest BCUT2D eigenvalue weighted by Crippen LogP contribution is 2.33. The van der Waals surface area contributed by atoms with Crippen LogP contribution in [0.5, 0.6) is 0 Å². The third-order valence-electron chi connectivity index (χ3n) is 11.9. The second-order valence-electron chi connectivity index (χ2n) is 18.3. The number of fused-ring (bicyclic) bond motifs is 1.